The molecule has 0 fully saturated rings. The minimum atomic E-state index is -0.340. The first-order chi connectivity index (χ1) is 6.81. The molecule has 0 aliphatic heterocycles. The molecule has 14 heavy (non-hydrogen) atoms. The Hall–Kier alpha value is -1.62. The first kappa shape index (κ1) is 8.96. The molecule has 3 nitrogen and oxygen atoms in total. The Bertz CT molecular complexity index is 469. The number of carbonyl (C=O) groups excluding carboxylic acids is 1. The lowest BCUT2D eigenvalue weighted by Crippen LogP contribution is -1.84. The number of aldehydes is 1. The van der Waals surface area contributed by atoms with E-state index in [0.29, 0.717) is 16.7 Å². The van der Waals surface area contributed by atoms with Crippen molar-refractivity contribution >= 4 is 17.8 Å². The van der Waals surface area contributed by atoms with Crippen molar-refractivity contribution in [3.05, 3.63) is 35.8 Å². The number of hydrogen-bond donors (Lipinski definition) is 0. The van der Waals surface area contributed by atoms with Crippen molar-refractivity contribution in [3.8, 4) is 10.4 Å². The zero-order valence-electron chi connectivity index (χ0n) is 6.98. The highest BCUT2D eigenvalue weighted by molar-refractivity contribution is 7.09. The molecule has 0 spiro atoms. The van der Waals surface area contributed by atoms with Crippen LogP contribution in [0.25, 0.3) is 10.4 Å². The Morgan fingerprint density at radius 2 is 2.29 bits per heavy atom. The average Bonchev–Trinajstić information content (AvgIpc) is 2.65. The zero-order valence-corrected chi connectivity index (χ0v) is 7.79. The lowest BCUT2D eigenvalue weighted by molar-refractivity contribution is 0.111. The summed E-state index contributed by atoms with van der Waals surface area (Å²) < 4.78 is 16.5. The van der Waals surface area contributed by atoms with E-state index in [9.17, 15) is 9.18 Å². The van der Waals surface area contributed by atoms with Gasteiger partial charge in [-0.05, 0) is 29.2 Å². The first-order valence-corrected chi connectivity index (χ1v) is 4.62. The summed E-state index contributed by atoms with van der Waals surface area (Å²) >= 11 is 1.08. The van der Waals surface area contributed by atoms with E-state index >= 15 is 0 Å². The van der Waals surface area contributed by atoms with Crippen molar-refractivity contribution < 1.29 is 9.18 Å². The van der Waals surface area contributed by atoms with Crippen molar-refractivity contribution in [2.75, 3.05) is 0 Å². The van der Waals surface area contributed by atoms with E-state index in [1.165, 1.54) is 12.1 Å². The summed E-state index contributed by atoms with van der Waals surface area (Å²) in [5.41, 5.74) is 0.878. The molecule has 2 rings (SSSR count). The Morgan fingerprint density at radius 1 is 1.43 bits per heavy atom. The molecule has 0 bridgehead atoms. The number of carbonyl (C=O) groups is 1. The maximum absolute atomic E-state index is 12.9. The third kappa shape index (κ3) is 1.54. The molecular formula is C9H5FN2OS. The SMILES string of the molecule is O=Cc1nnsc1-c1cccc(F)c1. The van der Waals surface area contributed by atoms with Gasteiger partial charge in [-0.15, -0.1) is 5.10 Å². The molecule has 0 unspecified atom stereocenters. The summed E-state index contributed by atoms with van der Waals surface area (Å²) in [7, 11) is 0. The summed E-state index contributed by atoms with van der Waals surface area (Å²) in [4.78, 5) is 11.2. The van der Waals surface area contributed by atoms with Gasteiger partial charge in [0.1, 0.15) is 11.5 Å². The van der Waals surface area contributed by atoms with Crippen molar-refractivity contribution in [2.45, 2.75) is 0 Å². The molecule has 1 heterocycles. The first-order valence-electron chi connectivity index (χ1n) is 3.85. The van der Waals surface area contributed by atoms with E-state index in [4.69, 9.17) is 0 Å². The summed E-state index contributed by atoms with van der Waals surface area (Å²) in [6.45, 7) is 0. The van der Waals surface area contributed by atoms with Gasteiger partial charge in [0.25, 0.3) is 0 Å². The Labute approximate surface area is 83.4 Å². The highest BCUT2D eigenvalue weighted by Crippen LogP contribution is 2.25. The molecule has 1 aromatic carbocycles. The van der Waals surface area contributed by atoms with Crippen molar-refractivity contribution in [2.24, 2.45) is 0 Å². The molecule has 2 aromatic rings. The van der Waals surface area contributed by atoms with Gasteiger partial charge in [-0.2, -0.15) is 0 Å². The van der Waals surface area contributed by atoms with Crippen molar-refractivity contribution in [1.82, 2.24) is 9.59 Å². The van der Waals surface area contributed by atoms with Gasteiger partial charge in [0.05, 0.1) is 4.88 Å². The summed E-state index contributed by atoms with van der Waals surface area (Å²) in [5, 5.41) is 3.62. The maximum Gasteiger partial charge on any atom is 0.171 e. The number of benzene rings is 1. The molecule has 5 heteroatoms. The quantitative estimate of drug-likeness (QED) is 0.710. The Kier molecular flexibility index (Phi) is 2.32. The monoisotopic (exact) mass is 208 g/mol. The molecule has 0 aliphatic carbocycles. The third-order valence-electron chi connectivity index (χ3n) is 1.71. The number of aromatic nitrogens is 2. The molecule has 0 N–H and O–H groups in total. The highest BCUT2D eigenvalue weighted by Gasteiger charge is 2.09. The van der Waals surface area contributed by atoms with E-state index in [-0.39, 0.29) is 11.5 Å². The molecular weight excluding hydrogens is 203 g/mol. The lowest BCUT2D eigenvalue weighted by Gasteiger charge is -1.96. The number of rotatable bonds is 2. The van der Waals surface area contributed by atoms with Crippen LogP contribution >= 0.6 is 11.5 Å². The minimum absolute atomic E-state index is 0.251. The van der Waals surface area contributed by atoms with Gasteiger partial charge in [-0.25, -0.2) is 4.39 Å². The van der Waals surface area contributed by atoms with E-state index in [2.05, 4.69) is 9.59 Å². The van der Waals surface area contributed by atoms with Crippen LogP contribution in [0.2, 0.25) is 0 Å². The van der Waals surface area contributed by atoms with Gasteiger partial charge < -0.3 is 0 Å². The molecule has 0 atom stereocenters. The van der Waals surface area contributed by atoms with Crippen molar-refractivity contribution in [1.29, 1.82) is 0 Å². The van der Waals surface area contributed by atoms with Gasteiger partial charge in [-0.1, -0.05) is 16.6 Å². The fourth-order valence-corrected chi connectivity index (χ4v) is 1.73. The molecule has 0 radical (unpaired) electrons. The van der Waals surface area contributed by atoms with Crippen molar-refractivity contribution in [3.63, 3.8) is 0 Å². The smallest absolute Gasteiger partial charge is 0.171 e. The average molecular weight is 208 g/mol. The number of halogens is 1. The normalized spacial score (nSPS) is 10.1. The molecule has 70 valence electrons. The van der Waals surface area contributed by atoms with Crippen LogP contribution in [0.1, 0.15) is 10.5 Å². The van der Waals surface area contributed by atoms with Crippen LogP contribution < -0.4 is 0 Å². The van der Waals surface area contributed by atoms with Crippen LogP contribution in [-0.2, 0) is 0 Å². The highest BCUT2D eigenvalue weighted by atomic mass is 32.1. The van der Waals surface area contributed by atoms with Gasteiger partial charge in [-0.3, -0.25) is 4.79 Å². The summed E-state index contributed by atoms with van der Waals surface area (Å²) in [6.07, 6.45) is 0.615. The predicted octanol–water partition coefficient (Wildman–Crippen LogP) is 2.16. The second kappa shape index (κ2) is 3.63. The molecule has 0 amide bonds. The standard InChI is InChI=1S/C9H5FN2OS/c10-7-3-1-2-6(4-7)9-8(5-13)11-12-14-9/h1-5H. The topological polar surface area (TPSA) is 42.9 Å². The van der Waals surface area contributed by atoms with Gasteiger partial charge in [0.2, 0.25) is 0 Å². The summed E-state index contributed by atoms with van der Waals surface area (Å²) in [6, 6.07) is 5.99. The molecule has 0 saturated heterocycles. The summed E-state index contributed by atoms with van der Waals surface area (Å²) in [5.74, 6) is -0.340. The largest absolute Gasteiger partial charge is 0.296 e. The molecule has 1 aromatic heterocycles. The van der Waals surface area contributed by atoms with Crippen LogP contribution in [0.3, 0.4) is 0 Å². The lowest BCUT2D eigenvalue weighted by atomic mass is 10.1. The minimum Gasteiger partial charge on any atom is -0.296 e. The molecule has 0 aliphatic rings. The number of nitrogens with zero attached hydrogens (tertiary/aromatic N) is 2. The predicted molar refractivity (Wildman–Crippen MR) is 50.7 cm³/mol. The van der Waals surface area contributed by atoms with E-state index in [1.54, 1.807) is 12.1 Å². The van der Waals surface area contributed by atoms with Crippen LogP contribution in [0.15, 0.2) is 24.3 Å². The van der Waals surface area contributed by atoms with Crippen LogP contribution in [0.4, 0.5) is 4.39 Å². The van der Waals surface area contributed by atoms with E-state index in [0.717, 1.165) is 11.5 Å². The maximum atomic E-state index is 12.9. The van der Waals surface area contributed by atoms with E-state index in [1.807, 2.05) is 0 Å². The fourth-order valence-electron chi connectivity index (χ4n) is 1.10. The number of hydrogen-bond acceptors (Lipinski definition) is 4. The van der Waals surface area contributed by atoms with Gasteiger partial charge >= 0.3 is 0 Å². The van der Waals surface area contributed by atoms with E-state index < -0.39 is 0 Å². The van der Waals surface area contributed by atoms with Gasteiger partial charge in [0.15, 0.2) is 6.29 Å². The molecule has 0 saturated carbocycles. The Balaban J connectivity index is 2.54. The second-order valence-corrected chi connectivity index (χ2v) is 3.37. The van der Waals surface area contributed by atoms with Crippen LogP contribution in [-0.4, -0.2) is 15.9 Å². The van der Waals surface area contributed by atoms with Gasteiger partial charge in [0, 0.05) is 0 Å². The Morgan fingerprint density at radius 3 is 3.00 bits per heavy atom. The second-order valence-electron chi connectivity index (χ2n) is 2.62. The van der Waals surface area contributed by atoms with Crippen LogP contribution in [0, 0.1) is 5.82 Å². The fraction of sp³-hybridized carbons (Fsp3) is 0. The zero-order chi connectivity index (χ0) is 9.97. The van der Waals surface area contributed by atoms with Crippen LogP contribution in [0.5, 0.6) is 0 Å². The third-order valence-corrected chi connectivity index (χ3v) is 2.50.